The van der Waals surface area contributed by atoms with E-state index in [2.05, 4.69) is 43.6 Å². The van der Waals surface area contributed by atoms with Gasteiger partial charge in [-0.25, -0.2) is 0 Å². The molecule has 34 heavy (non-hydrogen) atoms. The van der Waals surface area contributed by atoms with Crippen LogP contribution in [-0.4, -0.2) is 11.6 Å². The average Bonchev–Trinajstić information content (AvgIpc) is 2.87. The van der Waals surface area contributed by atoms with Gasteiger partial charge in [-0.15, -0.1) is 0 Å². The summed E-state index contributed by atoms with van der Waals surface area (Å²) >= 11 is 6.48. The van der Waals surface area contributed by atoms with Gasteiger partial charge in [0, 0.05) is 36.1 Å². The van der Waals surface area contributed by atoms with Crippen LogP contribution in [0.5, 0.6) is 11.5 Å². The number of pyridine rings is 1. The molecule has 0 aliphatic carbocycles. The molecule has 1 aromatic carbocycles. The van der Waals surface area contributed by atoms with Gasteiger partial charge in [0.2, 0.25) is 0 Å². The van der Waals surface area contributed by atoms with Gasteiger partial charge in [-0.1, -0.05) is 43.3 Å². The molecule has 0 unspecified atom stereocenters. The van der Waals surface area contributed by atoms with Crippen LogP contribution in [0.2, 0.25) is 5.02 Å². The van der Waals surface area contributed by atoms with Gasteiger partial charge in [-0.05, 0) is 61.6 Å². The number of rotatable bonds is 11. The largest absolute Gasteiger partial charge is 0.488 e. The monoisotopic (exact) mass is 477 g/mol. The predicted octanol–water partition coefficient (Wildman–Crippen LogP) is 6.83. The third-order valence-corrected chi connectivity index (χ3v) is 5.83. The molecule has 5 nitrogen and oxygen atoms in total. The van der Waals surface area contributed by atoms with Crippen molar-refractivity contribution in [1.82, 2.24) is 4.98 Å². The van der Waals surface area contributed by atoms with Crippen molar-refractivity contribution in [3.05, 3.63) is 99.4 Å². The van der Waals surface area contributed by atoms with E-state index < -0.39 is 0 Å². The number of nitrogens with two attached hydrogens (primary N) is 1. The van der Waals surface area contributed by atoms with Crippen molar-refractivity contribution in [2.75, 3.05) is 6.61 Å². The lowest BCUT2D eigenvalue weighted by Crippen LogP contribution is -2.07. The van der Waals surface area contributed by atoms with Crippen molar-refractivity contribution in [2.45, 2.75) is 47.3 Å². The molecule has 1 aromatic heterocycles. The summed E-state index contributed by atoms with van der Waals surface area (Å²) in [5, 5.41) is 9.53. The molecular weight excluding hydrogens is 446 g/mol. The molecular formula is C28H32ClN3O2. The van der Waals surface area contributed by atoms with Crippen molar-refractivity contribution in [3.63, 3.8) is 0 Å². The summed E-state index contributed by atoms with van der Waals surface area (Å²) in [7, 11) is 0. The topological polar surface area (TPSA) is 81.2 Å². The smallest absolute Gasteiger partial charge is 0.142 e. The summed E-state index contributed by atoms with van der Waals surface area (Å²) < 4.78 is 12.1. The molecule has 0 atom stereocenters. The van der Waals surface area contributed by atoms with Crippen LogP contribution < -0.4 is 15.2 Å². The highest BCUT2D eigenvalue weighted by Crippen LogP contribution is 2.34. The predicted molar refractivity (Wildman–Crippen MR) is 139 cm³/mol. The number of hydrogen-bond donors (Lipinski definition) is 1. The molecule has 6 heteroatoms. The highest BCUT2D eigenvalue weighted by atomic mass is 35.5. The molecule has 0 aliphatic rings. The summed E-state index contributed by atoms with van der Waals surface area (Å²) in [4.78, 5) is 4.07. The van der Waals surface area contributed by atoms with E-state index in [0.29, 0.717) is 28.7 Å². The maximum atomic E-state index is 9.07. The van der Waals surface area contributed by atoms with Gasteiger partial charge in [0.15, 0.2) is 0 Å². The fourth-order valence-electron chi connectivity index (χ4n) is 3.61. The molecule has 0 amide bonds. The summed E-state index contributed by atoms with van der Waals surface area (Å²) in [6.45, 7) is 13.1. The zero-order chi connectivity index (χ0) is 25.1. The molecule has 0 spiro atoms. The minimum absolute atomic E-state index is 0.237. The number of aromatic nitrogens is 1. The minimum atomic E-state index is 0.237. The van der Waals surface area contributed by atoms with Crippen LogP contribution in [0.1, 0.15) is 50.8 Å². The second-order valence-corrected chi connectivity index (χ2v) is 8.00. The SMILES string of the molecule is C=C\C(COc1cc(OCc2cncc(C#N)c2)c(CN)cc1Cl)=C(C)/C(=C\C)C(=C/C)/CC. The lowest BCUT2D eigenvalue weighted by Gasteiger charge is -2.17. The van der Waals surface area contributed by atoms with E-state index in [-0.39, 0.29) is 13.2 Å². The Hall–Kier alpha value is -3.33. The van der Waals surface area contributed by atoms with Gasteiger partial charge in [0.05, 0.1) is 10.6 Å². The Balaban J connectivity index is 2.28. The van der Waals surface area contributed by atoms with Gasteiger partial charge < -0.3 is 15.2 Å². The highest BCUT2D eigenvalue weighted by molar-refractivity contribution is 6.32. The standard InChI is InChI=1S/C28H32ClN3O2/c1-6-22(7-2)25(9-4)19(5)23(8-3)18-34-28-12-27(24(14-31)11-26(28)29)33-17-21-10-20(13-30)15-32-16-21/h6,8-12,15-16H,3,7,14,17-18,31H2,1-2,4-5H3/b22-6+,23-19+,25-9+. The number of nitrogens with zero attached hydrogens (tertiary/aromatic N) is 2. The third kappa shape index (κ3) is 6.84. The molecule has 0 bridgehead atoms. The summed E-state index contributed by atoms with van der Waals surface area (Å²) in [6.07, 6.45) is 10.2. The van der Waals surface area contributed by atoms with E-state index in [0.717, 1.165) is 28.7 Å². The van der Waals surface area contributed by atoms with Crippen LogP contribution >= 0.6 is 11.6 Å². The maximum Gasteiger partial charge on any atom is 0.142 e. The van der Waals surface area contributed by atoms with Crippen LogP contribution in [0.25, 0.3) is 0 Å². The molecule has 2 rings (SSSR count). The first kappa shape index (κ1) is 26.9. The second kappa shape index (κ2) is 13.4. The average molecular weight is 478 g/mol. The van der Waals surface area contributed by atoms with E-state index >= 15 is 0 Å². The summed E-state index contributed by atoms with van der Waals surface area (Å²) in [5.74, 6) is 1.06. The molecule has 0 fully saturated rings. The Bertz CT molecular complexity index is 1160. The van der Waals surface area contributed by atoms with Gasteiger partial charge in [0.25, 0.3) is 0 Å². The van der Waals surface area contributed by atoms with E-state index in [4.69, 9.17) is 32.1 Å². The second-order valence-electron chi connectivity index (χ2n) is 7.59. The minimum Gasteiger partial charge on any atom is -0.488 e. The highest BCUT2D eigenvalue weighted by Gasteiger charge is 2.13. The summed E-state index contributed by atoms with van der Waals surface area (Å²) in [5.41, 5.74) is 12.5. The normalized spacial score (nSPS) is 12.6. The maximum absolute atomic E-state index is 9.07. The number of hydrogen-bond acceptors (Lipinski definition) is 5. The van der Waals surface area contributed by atoms with E-state index in [1.165, 1.54) is 17.3 Å². The quantitative estimate of drug-likeness (QED) is 0.359. The van der Waals surface area contributed by atoms with Crippen LogP contribution in [0, 0.1) is 11.3 Å². The lowest BCUT2D eigenvalue weighted by molar-refractivity contribution is 0.297. The first-order valence-electron chi connectivity index (χ1n) is 11.2. The molecule has 0 saturated heterocycles. The Morgan fingerprint density at radius 1 is 1.18 bits per heavy atom. The lowest BCUT2D eigenvalue weighted by atomic mass is 9.93. The Morgan fingerprint density at radius 2 is 1.94 bits per heavy atom. The summed E-state index contributed by atoms with van der Waals surface area (Å²) in [6, 6.07) is 7.32. The molecule has 0 aliphatic heterocycles. The van der Waals surface area contributed by atoms with Gasteiger partial charge >= 0.3 is 0 Å². The van der Waals surface area contributed by atoms with Crippen LogP contribution in [0.4, 0.5) is 0 Å². The fourth-order valence-corrected chi connectivity index (χ4v) is 3.85. The first-order valence-corrected chi connectivity index (χ1v) is 11.6. The van der Waals surface area contributed by atoms with Crippen LogP contribution in [0.3, 0.4) is 0 Å². The van der Waals surface area contributed by atoms with E-state index in [1.807, 2.05) is 19.9 Å². The van der Waals surface area contributed by atoms with Crippen molar-refractivity contribution in [1.29, 1.82) is 5.26 Å². The first-order chi connectivity index (χ1) is 16.4. The molecule has 178 valence electrons. The van der Waals surface area contributed by atoms with Crippen LogP contribution in [0.15, 0.2) is 77.7 Å². The van der Waals surface area contributed by atoms with E-state index in [1.54, 1.807) is 24.4 Å². The van der Waals surface area contributed by atoms with Crippen LogP contribution in [-0.2, 0) is 13.2 Å². The zero-order valence-electron chi connectivity index (χ0n) is 20.3. The molecule has 1 heterocycles. The Kier molecular flexibility index (Phi) is 10.6. The molecule has 0 radical (unpaired) electrons. The Labute approximate surface area is 207 Å². The van der Waals surface area contributed by atoms with Gasteiger partial charge in [-0.3, -0.25) is 4.98 Å². The number of ether oxygens (including phenoxy) is 2. The molecule has 0 saturated carbocycles. The number of halogens is 1. The number of allylic oxidation sites excluding steroid dienone is 5. The number of benzene rings is 1. The molecule has 2 aromatic rings. The van der Waals surface area contributed by atoms with Crippen molar-refractivity contribution < 1.29 is 9.47 Å². The molecule has 2 N–H and O–H groups in total. The fraction of sp³-hybridized carbons (Fsp3) is 0.286. The van der Waals surface area contributed by atoms with E-state index in [9.17, 15) is 0 Å². The Morgan fingerprint density at radius 3 is 2.53 bits per heavy atom. The van der Waals surface area contributed by atoms with Gasteiger partial charge in [-0.2, -0.15) is 5.26 Å². The van der Waals surface area contributed by atoms with Crippen molar-refractivity contribution in [3.8, 4) is 17.6 Å². The third-order valence-electron chi connectivity index (χ3n) is 5.53. The number of nitriles is 1. The van der Waals surface area contributed by atoms with Crippen molar-refractivity contribution >= 4 is 11.6 Å². The van der Waals surface area contributed by atoms with Gasteiger partial charge in [0.1, 0.15) is 30.8 Å². The zero-order valence-corrected chi connectivity index (χ0v) is 21.1. The van der Waals surface area contributed by atoms with Crippen molar-refractivity contribution in [2.24, 2.45) is 5.73 Å².